The second-order valence-electron chi connectivity index (χ2n) is 6.48. The molecule has 0 aromatic carbocycles. The smallest absolute Gasteiger partial charge is 0.0233 e. The van der Waals surface area contributed by atoms with Gasteiger partial charge >= 0.3 is 0 Å². The zero-order valence-corrected chi connectivity index (χ0v) is 12.1. The summed E-state index contributed by atoms with van der Waals surface area (Å²) in [6.45, 7) is 6.27. The van der Waals surface area contributed by atoms with Crippen LogP contribution >= 0.6 is 0 Å². The number of hydrogen-bond donors (Lipinski definition) is 0. The van der Waals surface area contributed by atoms with Gasteiger partial charge in [-0.15, -0.1) is 6.58 Å². The van der Waals surface area contributed by atoms with Crippen LogP contribution in [0.25, 0.3) is 0 Å². The van der Waals surface area contributed by atoms with Crippen LogP contribution in [0, 0.1) is 23.7 Å². The highest BCUT2D eigenvalue weighted by molar-refractivity contribution is 4.97. The average Bonchev–Trinajstić information content (AvgIpc) is 2.46. The molecule has 0 aromatic rings. The minimum absolute atomic E-state index is 0.801. The predicted molar refractivity (Wildman–Crippen MR) is 80.5 cm³/mol. The SMILES string of the molecule is C=CC1CCC(C=CC2CCC(CC)CC2)CC1. The average molecular weight is 246 g/mol. The Labute approximate surface area is 114 Å². The summed E-state index contributed by atoms with van der Waals surface area (Å²) in [5.74, 6) is 3.59. The highest BCUT2D eigenvalue weighted by Crippen LogP contribution is 2.33. The van der Waals surface area contributed by atoms with Crippen LogP contribution in [0.5, 0.6) is 0 Å². The largest absolute Gasteiger partial charge is 0.103 e. The summed E-state index contributed by atoms with van der Waals surface area (Å²) in [7, 11) is 0. The molecule has 0 amide bonds. The Hall–Kier alpha value is -0.520. The summed E-state index contributed by atoms with van der Waals surface area (Å²) in [5.41, 5.74) is 0. The minimum Gasteiger partial charge on any atom is -0.103 e. The van der Waals surface area contributed by atoms with Crippen molar-refractivity contribution in [2.24, 2.45) is 23.7 Å². The van der Waals surface area contributed by atoms with Crippen molar-refractivity contribution in [2.75, 3.05) is 0 Å². The number of allylic oxidation sites excluding steroid dienone is 3. The molecule has 0 heterocycles. The summed E-state index contributed by atoms with van der Waals surface area (Å²) < 4.78 is 0. The molecule has 0 N–H and O–H groups in total. The molecule has 0 spiro atoms. The van der Waals surface area contributed by atoms with E-state index in [4.69, 9.17) is 0 Å². The molecule has 0 atom stereocenters. The van der Waals surface area contributed by atoms with Crippen molar-refractivity contribution in [3.63, 3.8) is 0 Å². The second kappa shape index (κ2) is 7.16. The van der Waals surface area contributed by atoms with Crippen LogP contribution in [0.4, 0.5) is 0 Å². The van der Waals surface area contributed by atoms with Crippen LogP contribution < -0.4 is 0 Å². The van der Waals surface area contributed by atoms with Crippen molar-refractivity contribution in [1.29, 1.82) is 0 Å². The molecule has 2 rings (SSSR count). The Morgan fingerprint density at radius 3 is 1.67 bits per heavy atom. The fourth-order valence-electron chi connectivity index (χ4n) is 3.68. The summed E-state index contributed by atoms with van der Waals surface area (Å²) >= 11 is 0. The van der Waals surface area contributed by atoms with E-state index in [-0.39, 0.29) is 0 Å². The van der Waals surface area contributed by atoms with Gasteiger partial charge in [0.05, 0.1) is 0 Å². The lowest BCUT2D eigenvalue weighted by molar-refractivity contribution is 0.301. The van der Waals surface area contributed by atoms with Crippen molar-refractivity contribution in [1.82, 2.24) is 0 Å². The molecule has 2 aliphatic carbocycles. The van der Waals surface area contributed by atoms with E-state index in [1.165, 1.54) is 57.8 Å². The molecule has 0 aromatic heterocycles. The predicted octanol–water partition coefficient (Wildman–Crippen LogP) is 5.75. The molecule has 2 fully saturated rings. The van der Waals surface area contributed by atoms with Gasteiger partial charge in [0, 0.05) is 0 Å². The van der Waals surface area contributed by atoms with E-state index in [9.17, 15) is 0 Å². The molecule has 0 heteroatoms. The highest BCUT2D eigenvalue weighted by Gasteiger charge is 2.20. The second-order valence-corrected chi connectivity index (χ2v) is 6.48. The van der Waals surface area contributed by atoms with E-state index >= 15 is 0 Å². The zero-order chi connectivity index (χ0) is 12.8. The molecular formula is C18H30. The van der Waals surface area contributed by atoms with Gasteiger partial charge in [0.2, 0.25) is 0 Å². The third-order valence-corrected chi connectivity index (χ3v) is 5.27. The number of hydrogen-bond acceptors (Lipinski definition) is 0. The van der Waals surface area contributed by atoms with Gasteiger partial charge in [-0.3, -0.25) is 0 Å². The van der Waals surface area contributed by atoms with E-state index in [1.54, 1.807) is 0 Å². The first-order chi connectivity index (χ1) is 8.81. The van der Waals surface area contributed by atoms with Gasteiger partial charge in [-0.1, -0.05) is 31.6 Å². The molecule has 0 nitrogen and oxygen atoms in total. The fourth-order valence-corrected chi connectivity index (χ4v) is 3.68. The lowest BCUT2D eigenvalue weighted by atomic mass is 9.78. The van der Waals surface area contributed by atoms with Crippen LogP contribution in [0.2, 0.25) is 0 Å². The maximum Gasteiger partial charge on any atom is -0.0233 e. The van der Waals surface area contributed by atoms with Crippen LogP contribution in [0.3, 0.4) is 0 Å². The van der Waals surface area contributed by atoms with Crippen LogP contribution in [0.1, 0.15) is 64.7 Å². The molecule has 0 bridgehead atoms. The molecule has 2 aliphatic rings. The summed E-state index contributed by atoms with van der Waals surface area (Å²) in [6, 6.07) is 0. The summed E-state index contributed by atoms with van der Waals surface area (Å²) in [5, 5.41) is 0. The van der Waals surface area contributed by atoms with E-state index in [2.05, 4.69) is 31.7 Å². The van der Waals surface area contributed by atoms with Crippen molar-refractivity contribution in [3.05, 3.63) is 24.8 Å². The van der Waals surface area contributed by atoms with Crippen molar-refractivity contribution in [2.45, 2.75) is 64.7 Å². The van der Waals surface area contributed by atoms with Gasteiger partial charge in [-0.05, 0) is 75.0 Å². The maximum atomic E-state index is 3.93. The molecule has 102 valence electrons. The van der Waals surface area contributed by atoms with Crippen LogP contribution in [-0.4, -0.2) is 0 Å². The molecular weight excluding hydrogens is 216 g/mol. The first-order valence-corrected chi connectivity index (χ1v) is 8.12. The Morgan fingerprint density at radius 2 is 1.22 bits per heavy atom. The molecule has 18 heavy (non-hydrogen) atoms. The normalized spacial score (nSPS) is 37.8. The van der Waals surface area contributed by atoms with Crippen molar-refractivity contribution < 1.29 is 0 Å². The quantitative estimate of drug-likeness (QED) is 0.554. The van der Waals surface area contributed by atoms with Crippen molar-refractivity contribution in [3.8, 4) is 0 Å². The van der Waals surface area contributed by atoms with E-state index in [0.717, 1.165) is 23.7 Å². The monoisotopic (exact) mass is 246 g/mol. The van der Waals surface area contributed by atoms with E-state index in [1.807, 2.05) is 0 Å². The molecule has 0 radical (unpaired) electrons. The Bertz CT molecular complexity index is 260. The van der Waals surface area contributed by atoms with Gasteiger partial charge in [-0.25, -0.2) is 0 Å². The van der Waals surface area contributed by atoms with Gasteiger partial charge in [0.25, 0.3) is 0 Å². The zero-order valence-electron chi connectivity index (χ0n) is 12.1. The molecule has 0 unspecified atom stereocenters. The van der Waals surface area contributed by atoms with Crippen LogP contribution in [-0.2, 0) is 0 Å². The summed E-state index contributed by atoms with van der Waals surface area (Å²) in [4.78, 5) is 0. The van der Waals surface area contributed by atoms with E-state index in [0.29, 0.717) is 0 Å². The standard InChI is InChI=1S/C18H30/c1-3-15-5-9-17(10-6-15)13-14-18-11-7-16(4-2)8-12-18/h3,13-18H,1,4-12H2,2H3. The first-order valence-electron chi connectivity index (χ1n) is 8.12. The molecule has 0 aliphatic heterocycles. The highest BCUT2D eigenvalue weighted by atomic mass is 14.3. The molecule has 0 saturated heterocycles. The maximum absolute atomic E-state index is 3.93. The van der Waals surface area contributed by atoms with Crippen LogP contribution in [0.15, 0.2) is 24.8 Å². The lowest BCUT2D eigenvalue weighted by Crippen LogP contribution is -2.14. The van der Waals surface area contributed by atoms with Gasteiger partial charge < -0.3 is 0 Å². The Morgan fingerprint density at radius 1 is 0.778 bits per heavy atom. The minimum atomic E-state index is 0.801. The Kier molecular flexibility index (Phi) is 5.53. The molecule has 2 saturated carbocycles. The van der Waals surface area contributed by atoms with Crippen molar-refractivity contribution >= 4 is 0 Å². The third-order valence-electron chi connectivity index (χ3n) is 5.27. The lowest BCUT2D eigenvalue weighted by Gasteiger charge is -2.27. The van der Waals surface area contributed by atoms with Gasteiger partial charge in [0.15, 0.2) is 0 Å². The number of rotatable bonds is 4. The first kappa shape index (κ1) is 13.9. The topological polar surface area (TPSA) is 0 Å². The third kappa shape index (κ3) is 4.00. The Balaban J connectivity index is 1.70. The fraction of sp³-hybridized carbons (Fsp3) is 0.778. The van der Waals surface area contributed by atoms with Gasteiger partial charge in [-0.2, -0.15) is 0 Å². The summed E-state index contributed by atoms with van der Waals surface area (Å²) in [6.07, 6.45) is 20.0. The van der Waals surface area contributed by atoms with Gasteiger partial charge in [0.1, 0.15) is 0 Å². The van der Waals surface area contributed by atoms with E-state index < -0.39 is 0 Å².